The molecule has 0 spiro atoms. The summed E-state index contributed by atoms with van der Waals surface area (Å²) < 4.78 is 6.83. The normalized spacial score (nSPS) is 11.3. The van der Waals surface area contributed by atoms with Crippen LogP contribution in [-0.4, -0.2) is 20.7 Å². The average Bonchev–Trinajstić information content (AvgIpc) is 3.24. The number of benzene rings is 1. The SMILES string of the molecule is CCc1ccc(-c2nc(COC(=O)/C=C/c3c(C)nn(C)c3Cl)cs2)cc1. The molecule has 0 bridgehead atoms. The quantitative estimate of drug-likeness (QED) is 0.438. The van der Waals surface area contributed by atoms with Crippen molar-refractivity contribution in [2.45, 2.75) is 26.9 Å². The first-order chi connectivity index (χ1) is 13.0. The van der Waals surface area contributed by atoms with Gasteiger partial charge in [-0.05, 0) is 25.0 Å². The van der Waals surface area contributed by atoms with Gasteiger partial charge in [-0.1, -0.05) is 42.8 Å². The topological polar surface area (TPSA) is 57.0 Å². The molecule has 0 aliphatic heterocycles. The second kappa shape index (κ2) is 8.50. The summed E-state index contributed by atoms with van der Waals surface area (Å²) in [7, 11) is 1.75. The lowest BCUT2D eigenvalue weighted by Crippen LogP contribution is -2.01. The van der Waals surface area contributed by atoms with E-state index in [9.17, 15) is 4.79 Å². The average molecular weight is 402 g/mol. The molecule has 0 saturated carbocycles. The predicted molar refractivity (Wildman–Crippen MR) is 109 cm³/mol. The lowest BCUT2D eigenvalue weighted by molar-refractivity contribution is -0.139. The van der Waals surface area contributed by atoms with E-state index >= 15 is 0 Å². The van der Waals surface area contributed by atoms with Crippen molar-refractivity contribution in [3.05, 3.63) is 63.4 Å². The molecule has 0 amide bonds. The van der Waals surface area contributed by atoms with Crippen LogP contribution in [0.4, 0.5) is 0 Å². The Morgan fingerprint density at radius 3 is 2.70 bits per heavy atom. The van der Waals surface area contributed by atoms with E-state index < -0.39 is 5.97 Å². The number of thiazole rings is 1. The maximum absolute atomic E-state index is 12.0. The minimum Gasteiger partial charge on any atom is -0.456 e. The minimum atomic E-state index is -0.448. The number of hydrogen-bond acceptors (Lipinski definition) is 5. The van der Waals surface area contributed by atoms with Crippen LogP contribution in [0.3, 0.4) is 0 Å². The van der Waals surface area contributed by atoms with Crippen molar-refractivity contribution >= 4 is 35.0 Å². The number of hydrogen-bond donors (Lipinski definition) is 0. The van der Waals surface area contributed by atoms with Crippen LogP contribution >= 0.6 is 22.9 Å². The molecular weight excluding hydrogens is 382 g/mol. The summed E-state index contributed by atoms with van der Waals surface area (Å²) in [4.78, 5) is 16.5. The third kappa shape index (κ3) is 4.64. The fourth-order valence-corrected chi connectivity index (χ4v) is 3.62. The van der Waals surface area contributed by atoms with Gasteiger partial charge in [-0.25, -0.2) is 9.78 Å². The summed E-state index contributed by atoms with van der Waals surface area (Å²) in [5.74, 6) is -0.448. The number of halogens is 1. The van der Waals surface area contributed by atoms with Crippen molar-refractivity contribution < 1.29 is 9.53 Å². The molecule has 5 nitrogen and oxygen atoms in total. The zero-order chi connectivity index (χ0) is 19.4. The molecule has 0 aliphatic carbocycles. The van der Waals surface area contributed by atoms with Gasteiger partial charge >= 0.3 is 5.97 Å². The molecule has 0 radical (unpaired) electrons. The van der Waals surface area contributed by atoms with Gasteiger partial charge in [-0.3, -0.25) is 4.68 Å². The Morgan fingerprint density at radius 2 is 2.07 bits per heavy atom. The van der Waals surface area contributed by atoms with Gasteiger partial charge in [0.2, 0.25) is 0 Å². The van der Waals surface area contributed by atoms with Gasteiger partial charge in [0.1, 0.15) is 16.8 Å². The monoisotopic (exact) mass is 401 g/mol. The second-order valence-electron chi connectivity index (χ2n) is 6.05. The van der Waals surface area contributed by atoms with Gasteiger partial charge in [-0.2, -0.15) is 5.10 Å². The lowest BCUT2D eigenvalue weighted by atomic mass is 10.1. The Kier molecular flexibility index (Phi) is 6.08. The Hall–Kier alpha value is -2.44. The van der Waals surface area contributed by atoms with Gasteiger partial charge in [0.15, 0.2) is 0 Å². The van der Waals surface area contributed by atoms with Crippen molar-refractivity contribution in [3.63, 3.8) is 0 Å². The Labute approximate surface area is 167 Å². The van der Waals surface area contributed by atoms with Crippen LogP contribution in [0, 0.1) is 6.92 Å². The summed E-state index contributed by atoms with van der Waals surface area (Å²) in [5.41, 5.74) is 4.55. The number of ether oxygens (including phenoxy) is 1. The van der Waals surface area contributed by atoms with Crippen LogP contribution in [-0.2, 0) is 29.6 Å². The van der Waals surface area contributed by atoms with Crippen LogP contribution in [0.25, 0.3) is 16.6 Å². The van der Waals surface area contributed by atoms with E-state index in [1.807, 2.05) is 12.3 Å². The van der Waals surface area contributed by atoms with Crippen LogP contribution in [0.5, 0.6) is 0 Å². The number of esters is 1. The number of aromatic nitrogens is 3. The summed E-state index contributed by atoms with van der Waals surface area (Å²) in [6, 6.07) is 8.34. The smallest absolute Gasteiger partial charge is 0.331 e. The molecule has 0 saturated heterocycles. The van der Waals surface area contributed by atoms with Gasteiger partial charge in [0.05, 0.1) is 11.4 Å². The lowest BCUT2D eigenvalue weighted by Gasteiger charge is -2.00. The molecule has 0 unspecified atom stereocenters. The van der Waals surface area contributed by atoms with Crippen LogP contribution < -0.4 is 0 Å². The summed E-state index contributed by atoms with van der Waals surface area (Å²) in [5, 5.41) is 7.50. The van der Waals surface area contributed by atoms with E-state index in [1.165, 1.54) is 23.0 Å². The molecule has 27 heavy (non-hydrogen) atoms. The van der Waals surface area contributed by atoms with E-state index in [0.29, 0.717) is 10.7 Å². The van der Waals surface area contributed by atoms with Gasteiger partial charge in [-0.15, -0.1) is 11.3 Å². The molecule has 2 heterocycles. The highest BCUT2D eigenvalue weighted by Gasteiger charge is 2.10. The highest BCUT2D eigenvalue weighted by Crippen LogP contribution is 2.24. The van der Waals surface area contributed by atoms with Crippen molar-refractivity contribution in [1.29, 1.82) is 0 Å². The van der Waals surface area contributed by atoms with E-state index in [-0.39, 0.29) is 6.61 Å². The van der Waals surface area contributed by atoms with Crippen LogP contribution in [0.15, 0.2) is 35.7 Å². The fourth-order valence-electron chi connectivity index (χ4n) is 2.57. The summed E-state index contributed by atoms with van der Waals surface area (Å²) >= 11 is 7.67. The Bertz CT molecular complexity index is 974. The van der Waals surface area contributed by atoms with E-state index in [1.54, 1.807) is 17.8 Å². The van der Waals surface area contributed by atoms with Crippen LogP contribution in [0.1, 0.15) is 29.4 Å². The van der Waals surface area contributed by atoms with Crippen LogP contribution in [0.2, 0.25) is 5.15 Å². The van der Waals surface area contributed by atoms with Crippen molar-refractivity contribution in [3.8, 4) is 10.6 Å². The first kappa shape index (κ1) is 19.3. The predicted octanol–water partition coefficient (Wildman–Crippen LogP) is 4.82. The van der Waals surface area contributed by atoms with Crippen molar-refractivity contribution in [1.82, 2.24) is 14.8 Å². The molecule has 0 atom stereocenters. The Balaban J connectivity index is 1.59. The van der Waals surface area contributed by atoms with Gasteiger partial charge in [0.25, 0.3) is 0 Å². The maximum Gasteiger partial charge on any atom is 0.331 e. The number of carbonyl (C=O) groups excluding carboxylic acids is 1. The molecule has 0 fully saturated rings. The van der Waals surface area contributed by atoms with E-state index in [4.69, 9.17) is 16.3 Å². The molecule has 0 aliphatic rings. The van der Waals surface area contributed by atoms with E-state index in [2.05, 4.69) is 41.3 Å². The fraction of sp³-hybridized carbons (Fsp3) is 0.250. The maximum atomic E-state index is 12.0. The zero-order valence-electron chi connectivity index (χ0n) is 15.4. The van der Waals surface area contributed by atoms with Crippen molar-refractivity contribution in [2.75, 3.05) is 0 Å². The standard InChI is InChI=1S/C20H20ClN3O2S/c1-4-14-5-7-15(8-6-14)20-22-16(12-27-20)11-26-18(25)10-9-17-13(2)23-24(3)19(17)21/h5-10,12H,4,11H2,1-3H3/b10-9+. The molecule has 3 aromatic rings. The third-order valence-electron chi connectivity index (χ3n) is 4.11. The largest absolute Gasteiger partial charge is 0.456 e. The summed E-state index contributed by atoms with van der Waals surface area (Å²) in [6.45, 7) is 4.09. The van der Waals surface area contributed by atoms with Gasteiger partial charge < -0.3 is 4.74 Å². The molecule has 2 aromatic heterocycles. The number of aryl methyl sites for hydroxylation is 3. The highest BCUT2D eigenvalue weighted by molar-refractivity contribution is 7.13. The number of nitrogens with zero attached hydrogens (tertiary/aromatic N) is 3. The van der Waals surface area contributed by atoms with Gasteiger partial charge in [0, 0.05) is 29.6 Å². The first-order valence-corrected chi connectivity index (χ1v) is 9.81. The molecule has 3 rings (SSSR count). The minimum absolute atomic E-state index is 0.131. The second-order valence-corrected chi connectivity index (χ2v) is 7.27. The molecular formula is C20H20ClN3O2S. The molecule has 1 aromatic carbocycles. The van der Waals surface area contributed by atoms with E-state index in [0.717, 1.165) is 28.4 Å². The zero-order valence-corrected chi connectivity index (χ0v) is 17.0. The number of rotatable bonds is 6. The molecule has 140 valence electrons. The third-order valence-corrected chi connectivity index (χ3v) is 5.49. The summed E-state index contributed by atoms with van der Waals surface area (Å²) in [6.07, 6.45) is 3.98. The first-order valence-electron chi connectivity index (χ1n) is 8.55. The molecule has 7 heteroatoms. The highest BCUT2D eigenvalue weighted by atomic mass is 35.5. The number of carbonyl (C=O) groups is 1. The molecule has 0 N–H and O–H groups in total. The Morgan fingerprint density at radius 1 is 1.33 bits per heavy atom. The van der Waals surface area contributed by atoms with Crippen molar-refractivity contribution in [2.24, 2.45) is 7.05 Å².